The van der Waals surface area contributed by atoms with Crippen molar-refractivity contribution < 1.29 is 31.1 Å². The van der Waals surface area contributed by atoms with E-state index < -0.39 is 40.7 Å². The normalized spacial score (nSPS) is 11.6. The van der Waals surface area contributed by atoms with Crippen LogP contribution in [0.15, 0.2) is 28.7 Å². The summed E-state index contributed by atoms with van der Waals surface area (Å²) in [6.07, 6.45) is -4.92. The Bertz CT molecular complexity index is 708. The summed E-state index contributed by atoms with van der Waals surface area (Å²) in [7, 11) is 0. The van der Waals surface area contributed by atoms with E-state index in [4.69, 9.17) is 10.5 Å². The predicted octanol–water partition coefficient (Wildman–Crippen LogP) is 5.26. The van der Waals surface area contributed by atoms with Gasteiger partial charge < -0.3 is 10.5 Å². The van der Waals surface area contributed by atoms with Crippen LogP contribution in [0.5, 0.6) is 11.5 Å². The fourth-order valence-corrected chi connectivity index (χ4v) is 2.02. The van der Waals surface area contributed by atoms with Gasteiger partial charge in [0.1, 0.15) is 5.82 Å². The summed E-state index contributed by atoms with van der Waals surface area (Å²) < 4.78 is 82.5. The van der Waals surface area contributed by atoms with Gasteiger partial charge in [-0.1, -0.05) is 0 Å². The van der Waals surface area contributed by atoms with E-state index in [1.165, 1.54) is 0 Å². The number of halogens is 7. The molecular weight excluding hydrogens is 380 g/mol. The van der Waals surface area contributed by atoms with Gasteiger partial charge in [-0.05, 0) is 40.2 Å². The van der Waals surface area contributed by atoms with Gasteiger partial charge in [-0.15, -0.1) is 0 Å². The number of hydrogen-bond donors (Lipinski definition) is 1. The monoisotopic (exact) mass is 385 g/mol. The van der Waals surface area contributed by atoms with Crippen LogP contribution >= 0.6 is 15.9 Å². The Labute approximate surface area is 128 Å². The number of nitrogens with two attached hydrogens (primary N) is 1. The van der Waals surface area contributed by atoms with Gasteiger partial charge in [-0.2, -0.15) is 13.2 Å². The second-order valence-corrected chi connectivity index (χ2v) is 4.94. The molecule has 0 fully saturated rings. The molecule has 2 rings (SSSR count). The minimum Gasteiger partial charge on any atom is -0.448 e. The molecular formula is C13H6BrF6NO. The zero-order chi connectivity index (χ0) is 16.7. The van der Waals surface area contributed by atoms with Crippen LogP contribution < -0.4 is 10.5 Å². The summed E-state index contributed by atoms with van der Waals surface area (Å²) >= 11 is 2.78. The number of rotatable bonds is 2. The number of nitrogen functional groups attached to an aromatic ring is 1. The summed E-state index contributed by atoms with van der Waals surface area (Å²) in [5, 5.41) is 0. The zero-order valence-electron chi connectivity index (χ0n) is 10.4. The number of benzene rings is 2. The van der Waals surface area contributed by atoms with Crippen LogP contribution in [0.2, 0.25) is 0 Å². The Balaban J connectivity index is 2.50. The summed E-state index contributed by atoms with van der Waals surface area (Å²) in [4.78, 5) is 0. The Morgan fingerprint density at radius 3 is 1.95 bits per heavy atom. The molecule has 0 saturated heterocycles. The fraction of sp³-hybridized carbons (Fsp3) is 0.0769. The second kappa shape index (κ2) is 5.71. The molecule has 0 bridgehead atoms. The van der Waals surface area contributed by atoms with Gasteiger partial charge in [0.25, 0.3) is 0 Å². The summed E-state index contributed by atoms with van der Waals surface area (Å²) in [5.41, 5.74) is 3.82. The molecule has 2 aromatic carbocycles. The van der Waals surface area contributed by atoms with E-state index >= 15 is 0 Å². The third-order valence-corrected chi connectivity index (χ3v) is 3.35. The Kier molecular flexibility index (Phi) is 4.28. The summed E-state index contributed by atoms with van der Waals surface area (Å²) in [6, 6.07) is 2.20. The number of alkyl halides is 3. The molecule has 0 radical (unpaired) electrons. The summed E-state index contributed by atoms with van der Waals surface area (Å²) in [5.74, 6) is -5.58. The Morgan fingerprint density at radius 1 is 0.909 bits per heavy atom. The first-order valence-electron chi connectivity index (χ1n) is 5.59. The second-order valence-electron chi connectivity index (χ2n) is 4.15. The van der Waals surface area contributed by atoms with Gasteiger partial charge in [-0.3, -0.25) is 0 Å². The molecule has 2 nitrogen and oxygen atoms in total. The molecule has 0 aromatic heterocycles. The number of hydrogen-bond acceptors (Lipinski definition) is 2. The zero-order valence-corrected chi connectivity index (χ0v) is 12.0. The van der Waals surface area contributed by atoms with Gasteiger partial charge in [0.05, 0.1) is 15.7 Å². The van der Waals surface area contributed by atoms with Gasteiger partial charge >= 0.3 is 6.18 Å². The molecule has 0 atom stereocenters. The lowest BCUT2D eigenvalue weighted by molar-refractivity contribution is -0.138. The molecule has 2 N–H and O–H groups in total. The quantitative estimate of drug-likeness (QED) is 0.565. The largest absolute Gasteiger partial charge is 0.448 e. The van der Waals surface area contributed by atoms with E-state index in [1.807, 2.05) is 0 Å². The molecule has 9 heteroatoms. The van der Waals surface area contributed by atoms with Crippen LogP contribution in [0, 0.1) is 17.5 Å². The van der Waals surface area contributed by atoms with Crippen LogP contribution in [0.25, 0.3) is 0 Å². The molecule has 0 spiro atoms. The van der Waals surface area contributed by atoms with E-state index in [1.54, 1.807) is 0 Å². The van der Waals surface area contributed by atoms with Gasteiger partial charge in [0.15, 0.2) is 23.1 Å². The van der Waals surface area contributed by atoms with Crippen molar-refractivity contribution in [3.05, 3.63) is 51.8 Å². The van der Waals surface area contributed by atoms with E-state index in [-0.39, 0.29) is 22.3 Å². The third kappa shape index (κ3) is 3.13. The summed E-state index contributed by atoms with van der Waals surface area (Å²) in [6.45, 7) is 0. The van der Waals surface area contributed by atoms with Gasteiger partial charge in [0, 0.05) is 0 Å². The predicted molar refractivity (Wildman–Crippen MR) is 69.9 cm³/mol. The first kappa shape index (κ1) is 16.5. The average molecular weight is 386 g/mol. The molecule has 0 amide bonds. The van der Waals surface area contributed by atoms with Crippen LogP contribution in [0.3, 0.4) is 0 Å². The Hall–Kier alpha value is -1.90. The van der Waals surface area contributed by atoms with E-state index in [9.17, 15) is 26.3 Å². The van der Waals surface area contributed by atoms with Crippen molar-refractivity contribution in [3.8, 4) is 11.5 Å². The maximum atomic E-state index is 13.7. The van der Waals surface area contributed by atoms with Crippen molar-refractivity contribution in [2.45, 2.75) is 6.18 Å². The molecule has 118 valence electrons. The first-order valence-corrected chi connectivity index (χ1v) is 6.38. The van der Waals surface area contributed by atoms with Crippen molar-refractivity contribution >= 4 is 21.6 Å². The maximum absolute atomic E-state index is 13.7. The smallest absolute Gasteiger partial charge is 0.416 e. The van der Waals surface area contributed by atoms with Crippen molar-refractivity contribution in [3.63, 3.8) is 0 Å². The van der Waals surface area contributed by atoms with Crippen LogP contribution in [-0.4, -0.2) is 0 Å². The lowest BCUT2D eigenvalue weighted by Crippen LogP contribution is -2.07. The van der Waals surface area contributed by atoms with Crippen LogP contribution in [0.4, 0.5) is 32.0 Å². The van der Waals surface area contributed by atoms with Gasteiger partial charge in [-0.25, -0.2) is 13.2 Å². The highest BCUT2D eigenvalue weighted by molar-refractivity contribution is 9.10. The van der Waals surface area contributed by atoms with Crippen molar-refractivity contribution in [2.24, 2.45) is 0 Å². The van der Waals surface area contributed by atoms with Gasteiger partial charge in [0.2, 0.25) is 0 Å². The topological polar surface area (TPSA) is 35.2 Å². The van der Waals surface area contributed by atoms with Crippen molar-refractivity contribution in [2.75, 3.05) is 5.73 Å². The Morgan fingerprint density at radius 2 is 1.45 bits per heavy atom. The SMILES string of the molecule is Nc1ccc(F)c(Br)c1Oc1c(F)cc(C(F)(F)F)cc1F. The standard InChI is InChI=1S/C13H6BrF6NO/c14-10-6(15)1-2-9(21)12(10)22-11-7(16)3-5(4-8(11)17)13(18,19)20/h1-4H,21H2. The highest BCUT2D eigenvalue weighted by atomic mass is 79.9. The molecule has 2 aromatic rings. The minimum absolute atomic E-state index is 0.0712. The fourth-order valence-electron chi connectivity index (χ4n) is 1.57. The van der Waals surface area contributed by atoms with E-state index in [2.05, 4.69) is 15.9 Å². The molecule has 0 aliphatic heterocycles. The molecule has 0 saturated carbocycles. The lowest BCUT2D eigenvalue weighted by atomic mass is 10.2. The molecule has 0 unspecified atom stereocenters. The molecule has 0 heterocycles. The minimum atomic E-state index is -4.92. The lowest BCUT2D eigenvalue weighted by Gasteiger charge is -2.14. The highest BCUT2D eigenvalue weighted by Gasteiger charge is 2.33. The molecule has 0 aliphatic rings. The van der Waals surface area contributed by atoms with Crippen molar-refractivity contribution in [1.82, 2.24) is 0 Å². The first-order chi connectivity index (χ1) is 10.1. The third-order valence-electron chi connectivity index (χ3n) is 2.61. The van der Waals surface area contributed by atoms with E-state index in [0.29, 0.717) is 0 Å². The van der Waals surface area contributed by atoms with E-state index in [0.717, 1.165) is 12.1 Å². The highest BCUT2D eigenvalue weighted by Crippen LogP contribution is 2.40. The number of anilines is 1. The van der Waals surface area contributed by atoms with Crippen molar-refractivity contribution in [1.29, 1.82) is 0 Å². The molecule has 0 aliphatic carbocycles. The maximum Gasteiger partial charge on any atom is 0.416 e. The van der Waals surface area contributed by atoms with Crippen LogP contribution in [-0.2, 0) is 6.18 Å². The average Bonchev–Trinajstić information content (AvgIpc) is 2.40. The van der Waals surface area contributed by atoms with Crippen LogP contribution in [0.1, 0.15) is 5.56 Å². The molecule has 22 heavy (non-hydrogen) atoms. The number of ether oxygens (including phenoxy) is 1.